The lowest BCUT2D eigenvalue weighted by Crippen LogP contribution is -2.07. The topological polar surface area (TPSA) is 68.3 Å². The van der Waals surface area contributed by atoms with Gasteiger partial charge in [0.05, 0.1) is 21.3 Å². The quantitative estimate of drug-likeness (QED) is 0.760. The van der Waals surface area contributed by atoms with E-state index in [4.69, 9.17) is 0 Å². The third-order valence-electron chi connectivity index (χ3n) is 3.00. The average Bonchev–Trinajstić information content (AvgIpc) is 2.53. The molecule has 0 bridgehead atoms. The number of benzene rings is 2. The number of hydrogen-bond acceptors (Lipinski definition) is 4. The Bertz CT molecular complexity index is 764. The van der Waals surface area contributed by atoms with Crippen LogP contribution in [0.25, 0.3) is 0 Å². The van der Waals surface area contributed by atoms with E-state index in [1.165, 1.54) is 36.4 Å². The SMILES string of the molecule is O=S(=O)(CC=CCS(=O)(=O)c1ccccc1)c1ccccc1. The third-order valence-corrected chi connectivity index (χ3v) is 6.25. The van der Waals surface area contributed by atoms with Crippen molar-refractivity contribution in [3.8, 4) is 0 Å². The molecule has 0 amide bonds. The van der Waals surface area contributed by atoms with Gasteiger partial charge in [0.2, 0.25) is 0 Å². The van der Waals surface area contributed by atoms with Crippen molar-refractivity contribution in [1.82, 2.24) is 0 Å². The summed E-state index contributed by atoms with van der Waals surface area (Å²) < 4.78 is 48.1. The molecule has 22 heavy (non-hydrogen) atoms. The first-order valence-corrected chi connectivity index (χ1v) is 9.93. The van der Waals surface area contributed by atoms with Gasteiger partial charge < -0.3 is 0 Å². The van der Waals surface area contributed by atoms with E-state index in [9.17, 15) is 16.8 Å². The van der Waals surface area contributed by atoms with Crippen molar-refractivity contribution in [1.29, 1.82) is 0 Å². The van der Waals surface area contributed by atoms with E-state index in [-0.39, 0.29) is 21.3 Å². The molecule has 0 aliphatic carbocycles. The lowest BCUT2D eigenvalue weighted by atomic mass is 10.4. The lowest BCUT2D eigenvalue weighted by molar-refractivity contribution is 0.596. The molecule has 0 saturated carbocycles. The largest absolute Gasteiger partial charge is 0.223 e. The Morgan fingerprint density at radius 1 is 0.591 bits per heavy atom. The van der Waals surface area contributed by atoms with Crippen LogP contribution in [-0.4, -0.2) is 28.3 Å². The first-order valence-electron chi connectivity index (χ1n) is 6.62. The Morgan fingerprint density at radius 3 is 1.23 bits per heavy atom. The minimum Gasteiger partial charge on any atom is -0.223 e. The normalized spacial score (nSPS) is 12.5. The Kier molecular flexibility index (Phi) is 5.15. The van der Waals surface area contributed by atoms with Crippen molar-refractivity contribution in [2.45, 2.75) is 9.79 Å². The van der Waals surface area contributed by atoms with Gasteiger partial charge in [0.15, 0.2) is 19.7 Å². The molecule has 4 nitrogen and oxygen atoms in total. The molecule has 2 aromatic carbocycles. The highest BCUT2D eigenvalue weighted by atomic mass is 32.2. The van der Waals surface area contributed by atoms with Gasteiger partial charge in [0.1, 0.15) is 0 Å². The molecule has 0 aliphatic rings. The van der Waals surface area contributed by atoms with E-state index in [1.807, 2.05) is 0 Å². The zero-order valence-corrected chi connectivity index (χ0v) is 13.4. The number of rotatable bonds is 6. The molecule has 0 unspecified atom stereocenters. The predicted octanol–water partition coefficient (Wildman–Crippen LogP) is 2.49. The van der Waals surface area contributed by atoms with Crippen molar-refractivity contribution in [2.24, 2.45) is 0 Å². The highest BCUT2D eigenvalue weighted by Crippen LogP contribution is 2.12. The summed E-state index contributed by atoms with van der Waals surface area (Å²) in [5, 5.41) is 0. The van der Waals surface area contributed by atoms with Gasteiger partial charge in [-0.05, 0) is 24.3 Å². The molecule has 2 rings (SSSR count). The fraction of sp³-hybridized carbons (Fsp3) is 0.125. The van der Waals surface area contributed by atoms with Crippen LogP contribution in [0, 0.1) is 0 Å². The van der Waals surface area contributed by atoms with E-state index >= 15 is 0 Å². The van der Waals surface area contributed by atoms with Crippen LogP contribution in [0.15, 0.2) is 82.6 Å². The molecule has 0 N–H and O–H groups in total. The second kappa shape index (κ2) is 6.89. The van der Waals surface area contributed by atoms with Crippen molar-refractivity contribution in [3.63, 3.8) is 0 Å². The van der Waals surface area contributed by atoms with Crippen molar-refractivity contribution < 1.29 is 16.8 Å². The molecule has 0 spiro atoms. The maximum atomic E-state index is 12.0. The second-order valence-electron chi connectivity index (χ2n) is 4.66. The Balaban J connectivity index is 2.02. The summed E-state index contributed by atoms with van der Waals surface area (Å²) in [6, 6.07) is 16.1. The minimum atomic E-state index is -3.42. The molecule has 0 radical (unpaired) electrons. The summed E-state index contributed by atoms with van der Waals surface area (Å²) in [5.41, 5.74) is 0. The summed E-state index contributed by atoms with van der Waals surface area (Å²) in [4.78, 5) is 0.455. The fourth-order valence-corrected chi connectivity index (χ4v) is 4.14. The van der Waals surface area contributed by atoms with E-state index in [1.54, 1.807) is 36.4 Å². The molecule has 6 heteroatoms. The maximum absolute atomic E-state index is 12.0. The molecule has 0 aliphatic heterocycles. The Morgan fingerprint density at radius 2 is 0.909 bits per heavy atom. The molecule has 2 aromatic rings. The van der Waals surface area contributed by atoms with Gasteiger partial charge in [-0.25, -0.2) is 16.8 Å². The first kappa shape index (κ1) is 16.5. The van der Waals surface area contributed by atoms with Crippen LogP contribution in [0.1, 0.15) is 0 Å². The summed E-state index contributed by atoms with van der Waals surface area (Å²) in [6.45, 7) is 0. The first-order chi connectivity index (χ1) is 10.4. The fourth-order valence-electron chi connectivity index (χ4n) is 1.84. The van der Waals surface area contributed by atoms with Crippen LogP contribution in [0.4, 0.5) is 0 Å². The number of sulfone groups is 2. The van der Waals surface area contributed by atoms with E-state index in [0.717, 1.165) is 0 Å². The Labute approximate surface area is 131 Å². The highest BCUT2D eigenvalue weighted by molar-refractivity contribution is 7.92. The van der Waals surface area contributed by atoms with Crippen LogP contribution in [0.5, 0.6) is 0 Å². The summed E-state index contributed by atoms with van der Waals surface area (Å²) in [5.74, 6) is -0.442. The van der Waals surface area contributed by atoms with Crippen LogP contribution >= 0.6 is 0 Å². The summed E-state index contributed by atoms with van der Waals surface area (Å²) in [6.07, 6.45) is 2.76. The molecular weight excluding hydrogens is 320 g/mol. The van der Waals surface area contributed by atoms with Crippen molar-refractivity contribution in [2.75, 3.05) is 11.5 Å². The van der Waals surface area contributed by atoms with Crippen molar-refractivity contribution in [3.05, 3.63) is 72.8 Å². The second-order valence-corrected chi connectivity index (χ2v) is 8.73. The van der Waals surface area contributed by atoms with Gasteiger partial charge in [-0.3, -0.25) is 0 Å². The maximum Gasteiger partial charge on any atom is 0.181 e. The summed E-state index contributed by atoms with van der Waals surface area (Å²) >= 11 is 0. The van der Waals surface area contributed by atoms with Crippen LogP contribution < -0.4 is 0 Å². The smallest absolute Gasteiger partial charge is 0.181 e. The molecule has 0 heterocycles. The molecule has 0 fully saturated rings. The van der Waals surface area contributed by atoms with Gasteiger partial charge >= 0.3 is 0 Å². The molecule has 0 saturated heterocycles. The summed E-state index contributed by atoms with van der Waals surface area (Å²) in [7, 11) is -6.85. The molecule has 116 valence electrons. The van der Waals surface area contributed by atoms with Crippen LogP contribution in [0.2, 0.25) is 0 Å². The Hall–Kier alpha value is -1.92. The lowest BCUT2D eigenvalue weighted by Gasteiger charge is -2.02. The average molecular weight is 336 g/mol. The van der Waals surface area contributed by atoms with Gasteiger partial charge in [-0.2, -0.15) is 0 Å². The van der Waals surface area contributed by atoms with Gasteiger partial charge in [-0.1, -0.05) is 48.6 Å². The number of hydrogen-bond donors (Lipinski definition) is 0. The zero-order valence-electron chi connectivity index (χ0n) is 11.8. The molecule has 0 aromatic heterocycles. The predicted molar refractivity (Wildman–Crippen MR) is 86.1 cm³/mol. The van der Waals surface area contributed by atoms with Gasteiger partial charge in [-0.15, -0.1) is 0 Å². The van der Waals surface area contributed by atoms with E-state index < -0.39 is 19.7 Å². The third kappa shape index (κ3) is 4.29. The molecule has 0 atom stereocenters. The monoisotopic (exact) mass is 336 g/mol. The minimum absolute atomic E-state index is 0.221. The molecular formula is C16H16O4S2. The van der Waals surface area contributed by atoms with Gasteiger partial charge in [0.25, 0.3) is 0 Å². The van der Waals surface area contributed by atoms with E-state index in [2.05, 4.69) is 0 Å². The van der Waals surface area contributed by atoms with Crippen molar-refractivity contribution >= 4 is 19.7 Å². The van der Waals surface area contributed by atoms with Crippen LogP contribution in [0.3, 0.4) is 0 Å². The standard InChI is InChI=1S/C16H16O4S2/c17-21(18,15-9-3-1-4-10-15)13-7-8-14-22(19,20)16-11-5-2-6-12-16/h1-12H,13-14H2. The zero-order chi connectivity index (χ0) is 16.1. The highest BCUT2D eigenvalue weighted by Gasteiger charge is 2.13. The van der Waals surface area contributed by atoms with Crippen LogP contribution in [-0.2, 0) is 19.7 Å². The van der Waals surface area contributed by atoms with E-state index in [0.29, 0.717) is 0 Å². The van der Waals surface area contributed by atoms with Gasteiger partial charge in [0, 0.05) is 0 Å².